The fourth-order valence-corrected chi connectivity index (χ4v) is 6.25. The first-order chi connectivity index (χ1) is 22.7. The molecule has 0 aliphatic carbocycles. The van der Waals surface area contributed by atoms with E-state index in [1.54, 1.807) is 4.68 Å². The molecule has 10 heteroatoms. The lowest BCUT2D eigenvalue weighted by atomic mass is 9.76. The van der Waals surface area contributed by atoms with Crippen LogP contribution in [0.2, 0.25) is 6.32 Å². The molecule has 47 heavy (non-hydrogen) atoms. The number of carbonyl (C=O) groups excluding carboxylic acids is 1. The fourth-order valence-electron chi connectivity index (χ4n) is 6.25. The van der Waals surface area contributed by atoms with Gasteiger partial charge in [0.1, 0.15) is 6.54 Å². The number of hydrogen-bond acceptors (Lipinski definition) is 7. The molecule has 9 nitrogen and oxygen atoms in total. The third-order valence-electron chi connectivity index (χ3n) is 9.51. The normalized spacial score (nSPS) is 16.2. The molecule has 2 heterocycles. The van der Waals surface area contributed by atoms with E-state index in [2.05, 4.69) is 134 Å². The van der Waals surface area contributed by atoms with E-state index in [1.165, 1.54) is 0 Å². The Kier molecular flexibility index (Phi) is 11.3. The summed E-state index contributed by atoms with van der Waals surface area (Å²) in [5.41, 5.74) is 1.83. The van der Waals surface area contributed by atoms with Crippen molar-refractivity contribution in [1.82, 2.24) is 30.8 Å². The summed E-state index contributed by atoms with van der Waals surface area (Å²) in [6.45, 7) is 11.1. The Morgan fingerprint density at radius 1 is 0.830 bits per heavy atom. The summed E-state index contributed by atoms with van der Waals surface area (Å²) in [7, 11) is -0.249. The van der Waals surface area contributed by atoms with Crippen molar-refractivity contribution < 1.29 is 14.1 Å². The molecule has 1 amide bonds. The van der Waals surface area contributed by atoms with Crippen LogP contribution < -0.4 is 10.6 Å². The van der Waals surface area contributed by atoms with Crippen LogP contribution in [0.4, 0.5) is 0 Å². The first kappa shape index (κ1) is 34.5. The van der Waals surface area contributed by atoms with Crippen LogP contribution in [0, 0.1) is 0 Å². The molecule has 0 saturated carbocycles. The van der Waals surface area contributed by atoms with E-state index in [4.69, 9.17) is 9.31 Å². The van der Waals surface area contributed by atoms with Crippen LogP contribution in [0.15, 0.2) is 91.0 Å². The minimum Gasteiger partial charge on any atom is -0.403 e. The van der Waals surface area contributed by atoms with E-state index in [0.717, 1.165) is 55.1 Å². The lowest BCUT2D eigenvalue weighted by molar-refractivity contribution is -0.121. The van der Waals surface area contributed by atoms with E-state index in [9.17, 15) is 4.79 Å². The predicted molar refractivity (Wildman–Crippen MR) is 186 cm³/mol. The Bertz CT molecular complexity index is 1440. The van der Waals surface area contributed by atoms with E-state index < -0.39 is 5.54 Å². The summed E-state index contributed by atoms with van der Waals surface area (Å²) in [5, 5.41) is 20.0. The van der Waals surface area contributed by atoms with Gasteiger partial charge < -0.3 is 14.6 Å². The Labute approximate surface area is 280 Å². The second kappa shape index (κ2) is 15.4. The Hall–Kier alpha value is -3.86. The first-order valence-electron chi connectivity index (χ1n) is 17.0. The van der Waals surface area contributed by atoms with Crippen molar-refractivity contribution >= 4 is 13.0 Å². The van der Waals surface area contributed by atoms with Gasteiger partial charge in [0.15, 0.2) is 5.82 Å². The van der Waals surface area contributed by atoms with E-state index in [0.29, 0.717) is 12.4 Å². The highest BCUT2D eigenvalue weighted by atomic mass is 16.7. The van der Waals surface area contributed by atoms with E-state index >= 15 is 0 Å². The quantitative estimate of drug-likeness (QED) is 0.0825. The number of aromatic nitrogens is 4. The van der Waals surface area contributed by atoms with Gasteiger partial charge in [-0.05, 0) is 74.0 Å². The zero-order valence-electron chi connectivity index (χ0n) is 28.5. The second-order valence-electron chi connectivity index (χ2n) is 13.4. The van der Waals surface area contributed by atoms with Crippen molar-refractivity contribution in [1.29, 1.82) is 0 Å². The monoisotopic (exact) mass is 636 g/mol. The van der Waals surface area contributed by atoms with Crippen molar-refractivity contribution in [2.75, 3.05) is 6.54 Å². The maximum absolute atomic E-state index is 12.9. The van der Waals surface area contributed by atoms with Crippen molar-refractivity contribution in [2.24, 2.45) is 0 Å². The topological polar surface area (TPSA) is 103 Å². The molecular formula is C37H49BN6O3. The molecule has 0 radical (unpaired) electrons. The van der Waals surface area contributed by atoms with Gasteiger partial charge in [0, 0.05) is 6.54 Å². The molecule has 1 atom stereocenters. The van der Waals surface area contributed by atoms with Crippen LogP contribution in [0.1, 0.15) is 95.3 Å². The van der Waals surface area contributed by atoms with Gasteiger partial charge >= 0.3 is 7.12 Å². The van der Waals surface area contributed by atoms with Gasteiger partial charge in [0.2, 0.25) is 5.91 Å². The SMILES string of the molecule is CCCCNC(=O)Cn1nnnc1C(CCCCB1OC(C)(C)C(C)(C)O1)NC(c1ccccc1)(c1ccccc1)c1ccccc1. The lowest BCUT2D eigenvalue weighted by Gasteiger charge is -2.40. The molecule has 4 aromatic rings. The minimum absolute atomic E-state index is 0.0488. The molecule has 1 aliphatic rings. The van der Waals surface area contributed by atoms with Crippen molar-refractivity contribution in [3.63, 3.8) is 0 Å². The van der Waals surface area contributed by atoms with Crippen molar-refractivity contribution in [2.45, 2.75) is 102 Å². The summed E-state index contributed by atoms with van der Waals surface area (Å²) >= 11 is 0. The van der Waals surface area contributed by atoms with Gasteiger partial charge in [-0.25, -0.2) is 4.68 Å². The third-order valence-corrected chi connectivity index (χ3v) is 9.51. The summed E-state index contributed by atoms with van der Waals surface area (Å²) in [4.78, 5) is 12.9. The lowest BCUT2D eigenvalue weighted by Crippen LogP contribution is -2.47. The van der Waals surface area contributed by atoms with Gasteiger partial charge in [0.05, 0.1) is 22.8 Å². The summed E-state index contributed by atoms with van der Waals surface area (Å²) < 4.78 is 14.2. The fraction of sp³-hybridized carbons (Fsp3) is 0.459. The molecule has 0 spiro atoms. The van der Waals surface area contributed by atoms with Crippen LogP contribution >= 0.6 is 0 Å². The summed E-state index contributed by atoms with van der Waals surface area (Å²) in [6.07, 6.45) is 5.20. The molecule has 1 unspecified atom stereocenters. The number of nitrogens with one attached hydrogen (secondary N) is 2. The maximum atomic E-state index is 12.9. The number of benzene rings is 3. The Morgan fingerprint density at radius 3 is 1.87 bits per heavy atom. The van der Waals surface area contributed by atoms with E-state index in [-0.39, 0.29) is 36.8 Å². The Morgan fingerprint density at radius 2 is 1.36 bits per heavy atom. The number of unbranched alkanes of at least 4 members (excludes halogenated alkanes) is 2. The molecule has 1 aliphatic heterocycles. The number of carbonyl (C=O) groups is 1. The third kappa shape index (κ3) is 8.00. The van der Waals surface area contributed by atoms with Gasteiger partial charge in [0.25, 0.3) is 0 Å². The van der Waals surface area contributed by atoms with E-state index in [1.807, 2.05) is 18.2 Å². The predicted octanol–water partition coefficient (Wildman–Crippen LogP) is 6.47. The largest absolute Gasteiger partial charge is 0.457 e. The highest BCUT2D eigenvalue weighted by Gasteiger charge is 2.50. The molecule has 2 N–H and O–H groups in total. The first-order valence-corrected chi connectivity index (χ1v) is 17.0. The van der Waals surface area contributed by atoms with Gasteiger partial charge in [-0.1, -0.05) is 117 Å². The molecule has 248 valence electrons. The van der Waals surface area contributed by atoms with Crippen LogP contribution in [-0.2, 0) is 26.2 Å². The Balaban J connectivity index is 1.49. The zero-order chi connectivity index (χ0) is 33.3. The van der Waals surface area contributed by atoms with Crippen LogP contribution in [0.5, 0.6) is 0 Å². The molecule has 1 fully saturated rings. The standard InChI is InChI=1S/C37H49BN6O3/c1-6-7-27-39-33(45)28-44-34(41-42-43-44)32(25-17-18-26-38-46-35(2,3)36(4,5)47-38)40-37(29-19-11-8-12-20-29,30-21-13-9-14-22-30)31-23-15-10-16-24-31/h8-16,19-24,32,40H,6-7,17-18,25-28H2,1-5H3,(H,39,45). The number of tetrazole rings is 1. The molecule has 5 rings (SSSR count). The van der Waals surface area contributed by atoms with Crippen molar-refractivity contribution in [3.8, 4) is 0 Å². The maximum Gasteiger partial charge on any atom is 0.457 e. The minimum atomic E-state index is -0.736. The number of rotatable bonds is 16. The zero-order valence-corrected chi connectivity index (χ0v) is 28.5. The number of amides is 1. The smallest absolute Gasteiger partial charge is 0.403 e. The van der Waals surface area contributed by atoms with Crippen LogP contribution in [-0.4, -0.2) is 51.0 Å². The van der Waals surface area contributed by atoms with Gasteiger partial charge in [-0.2, -0.15) is 0 Å². The summed E-state index contributed by atoms with van der Waals surface area (Å²) in [6, 6.07) is 31.2. The highest BCUT2D eigenvalue weighted by molar-refractivity contribution is 6.45. The van der Waals surface area contributed by atoms with Crippen molar-refractivity contribution in [3.05, 3.63) is 114 Å². The molecule has 0 bridgehead atoms. The molecule has 1 aromatic heterocycles. The average molecular weight is 637 g/mol. The van der Waals surface area contributed by atoms with Gasteiger partial charge in [-0.15, -0.1) is 5.10 Å². The second-order valence-corrected chi connectivity index (χ2v) is 13.4. The molecule has 3 aromatic carbocycles. The summed E-state index contributed by atoms with van der Waals surface area (Å²) in [5.74, 6) is 0.519. The van der Waals surface area contributed by atoms with Crippen LogP contribution in [0.3, 0.4) is 0 Å². The van der Waals surface area contributed by atoms with Gasteiger partial charge in [-0.3, -0.25) is 10.1 Å². The molecule has 1 saturated heterocycles. The number of nitrogens with zero attached hydrogens (tertiary/aromatic N) is 4. The highest BCUT2D eigenvalue weighted by Crippen LogP contribution is 2.41. The van der Waals surface area contributed by atoms with Crippen LogP contribution in [0.25, 0.3) is 0 Å². The molecular weight excluding hydrogens is 587 g/mol. The average Bonchev–Trinajstić information content (AvgIpc) is 3.61. The number of hydrogen-bond donors (Lipinski definition) is 2.